The van der Waals surface area contributed by atoms with E-state index in [-0.39, 0.29) is 24.8 Å². The third-order valence-electron chi connectivity index (χ3n) is 3.82. The first-order valence-corrected chi connectivity index (χ1v) is 8.20. The molecule has 5 heteroatoms. The smallest absolute Gasteiger partial charge is 0.226 e. The molecule has 0 atom stereocenters. The molecule has 2 aromatic rings. The lowest BCUT2D eigenvalue weighted by Gasteiger charge is -2.23. The Hall–Kier alpha value is -2.82. The molecule has 2 aromatic carbocycles. The van der Waals surface area contributed by atoms with Crippen molar-refractivity contribution in [2.45, 2.75) is 27.2 Å². The molecular formula is C20H24N2O3. The van der Waals surface area contributed by atoms with Gasteiger partial charge < -0.3 is 15.0 Å². The first kappa shape index (κ1) is 18.5. The highest BCUT2D eigenvalue weighted by atomic mass is 16.5. The lowest BCUT2D eigenvalue weighted by molar-refractivity contribution is -0.117. The van der Waals surface area contributed by atoms with Crippen LogP contribution in [-0.2, 0) is 9.59 Å². The second kappa shape index (κ2) is 8.33. The van der Waals surface area contributed by atoms with Crippen LogP contribution >= 0.6 is 0 Å². The molecule has 0 spiro atoms. The van der Waals surface area contributed by atoms with Gasteiger partial charge in [-0.2, -0.15) is 0 Å². The fraction of sp³-hybridized carbons (Fsp3) is 0.300. The van der Waals surface area contributed by atoms with Crippen LogP contribution in [0.3, 0.4) is 0 Å². The van der Waals surface area contributed by atoms with Gasteiger partial charge in [-0.05, 0) is 49.2 Å². The van der Waals surface area contributed by atoms with Gasteiger partial charge in [-0.15, -0.1) is 0 Å². The molecule has 132 valence electrons. The molecule has 0 saturated heterocycles. The Bertz CT molecular complexity index is 751. The van der Waals surface area contributed by atoms with Crippen molar-refractivity contribution < 1.29 is 14.3 Å². The number of hydrogen-bond donors (Lipinski definition) is 1. The van der Waals surface area contributed by atoms with Crippen molar-refractivity contribution in [3.63, 3.8) is 0 Å². The van der Waals surface area contributed by atoms with Gasteiger partial charge in [0.2, 0.25) is 11.8 Å². The molecule has 0 aromatic heterocycles. The second-order valence-corrected chi connectivity index (χ2v) is 6.02. The van der Waals surface area contributed by atoms with Crippen LogP contribution in [0.15, 0.2) is 42.5 Å². The van der Waals surface area contributed by atoms with E-state index in [9.17, 15) is 9.59 Å². The first-order valence-electron chi connectivity index (χ1n) is 8.20. The highest BCUT2D eigenvalue weighted by Gasteiger charge is 2.17. The maximum atomic E-state index is 12.3. The fourth-order valence-electron chi connectivity index (χ4n) is 2.78. The number of carbonyl (C=O) groups excluding carboxylic acids is 2. The van der Waals surface area contributed by atoms with E-state index < -0.39 is 0 Å². The number of carbonyl (C=O) groups is 2. The SMILES string of the molecule is COc1ccccc1N(CCC(=O)Nc1cc(C)cc(C)c1)C(C)=O. The van der Waals surface area contributed by atoms with Crippen molar-refractivity contribution in [2.75, 3.05) is 23.9 Å². The number of nitrogens with zero attached hydrogens (tertiary/aromatic N) is 1. The van der Waals surface area contributed by atoms with Crippen molar-refractivity contribution in [3.05, 3.63) is 53.6 Å². The van der Waals surface area contributed by atoms with Crippen LogP contribution in [0.5, 0.6) is 5.75 Å². The largest absolute Gasteiger partial charge is 0.495 e. The van der Waals surface area contributed by atoms with E-state index in [0.29, 0.717) is 11.4 Å². The number of hydrogen-bond acceptors (Lipinski definition) is 3. The lowest BCUT2D eigenvalue weighted by Crippen LogP contribution is -2.32. The summed E-state index contributed by atoms with van der Waals surface area (Å²) in [5.74, 6) is 0.335. The van der Waals surface area contributed by atoms with Crippen molar-refractivity contribution >= 4 is 23.2 Å². The molecule has 1 N–H and O–H groups in total. The van der Waals surface area contributed by atoms with E-state index in [4.69, 9.17) is 4.74 Å². The summed E-state index contributed by atoms with van der Waals surface area (Å²) >= 11 is 0. The summed E-state index contributed by atoms with van der Waals surface area (Å²) in [5.41, 5.74) is 3.62. The van der Waals surface area contributed by atoms with E-state index in [0.717, 1.165) is 16.8 Å². The number of benzene rings is 2. The van der Waals surface area contributed by atoms with Gasteiger partial charge in [0.15, 0.2) is 0 Å². The summed E-state index contributed by atoms with van der Waals surface area (Å²) in [6.45, 7) is 5.74. The molecule has 5 nitrogen and oxygen atoms in total. The molecule has 25 heavy (non-hydrogen) atoms. The molecule has 2 amide bonds. The molecule has 0 bridgehead atoms. The van der Waals surface area contributed by atoms with Crippen molar-refractivity contribution in [2.24, 2.45) is 0 Å². The summed E-state index contributed by atoms with van der Waals surface area (Å²) in [5, 5.41) is 2.89. The number of aryl methyl sites for hydroxylation is 2. The van der Waals surface area contributed by atoms with Gasteiger partial charge in [0, 0.05) is 25.6 Å². The number of anilines is 2. The zero-order valence-corrected chi connectivity index (χ0v) is 15.1. The van der Waals surface area contributed by atoms with Gasteiger partial charge >= 0.3 is 0 Å². The monoisotopic (exact) mass is 340 g/mol. The number of ether oxygens (including phenoxy) is 1. The Morgan fingerprint density at radius 3 is 2.32 bits per heavy atom. The Morgan fingerprint density at radius 1 is 1.08 bits per heavy atom. The molecule has 0 heterocycles. The van der Waals surface area contributed by atoms with Gasteiger partial charge in [0.05, 0.1) is 12.8 Å². The number of nitrogens with one attached hydrogen (secondary N) is 1. The molecule has 0 unspecified atom stereocenters. The Labute approximate surface area is 148 Å². The van der Waals surface area contributed by atoms with E-state index in [2.05, 4.69) is 11.4 Å². The average molecular weight is 340 g/mol. The highest BCUT2D eigenvalue weighted by molar-refractivity contribution is 5.95. The number of amides is 2. The minimum atomic E-state index is -0.135. The summed E-state index contributed by atoms with van der Waals surface area (Å²) < 4.78 is 5.31. The van der Waals surface area contributed by atoms with Crippen LogP contribution in [0.1, 0.15) is 24.5 Å². The number of methoxy groups -OCH3 is 1. The van der Waals surface area contributed by atoms with Gasteiger partial charge in [0.25, 0.3) is 0 Å². The maximum Gasteiger partial charge on any atom is 0.226 e. The minimum Gasteiger partial charge on any atom is -0.495 e. The fourth-order valence-corrected chi connectivity index (χ4v) is 2.78. The van der Waals surface area contributed by atoms with E-state index in [1.54, 1.807) is 18.1 Å². The number of para-hydroxylation sites is 2. The zero-order chi connectivity index (χ0) is 18.4. The predicted molar refractivity (Wildman–Crippen MR) is 100 cm³/mol. The average Bonchev–Trinajstić information content (AvgIpc) is 2.54. The first-order chi connectivity index (χ1) is 11.9. The minimum absolute atomic E-state index is 0.133. The third-order valence-corrected chi connectivity index (χ3v) is 3.82. The molecule has 0 radical (unpaired) electrons. The molecule has 2 rings (SSSR count). The summed E-state index contributed by atoms with van der Waals surface area (Å²) in [6.07, 6.45) is 0.199. The lowest BCUT2D eigenvalue weighted by atomic mass is 10.1. The molecule has 0 aliphatic carbocycles. The molecule has 0 aliphatic heterocycles. The van der Waals surface area contributed by atoms with Gasteiger partial charge in [-0.25, -0.2) is 0 Å². The van der Waals surface area contributed by atoms with Gasteiger partial charge in [-0.1, -0.05) is 18.2 Å². The molecular weight excluding hydrogens is 316 g/mol. The number of rotatable bonds is 6. The summed E-state index contributed by atoms with van der Waals surface area (Å²) in [6, 6.07) is 13.2. The van der Waals surface area contributed by atoms with Gasteiger partial charge in [-0.3, -0.25) is 9.59 Å². The normalized spacial score (nSPS) is 10.2. The predicted octanol–water partition coefficient (Wildman–Crippen LogP) is 3.69. The van der Waals surface area contributed by atoms with E-state index in [1.165, 1.54) is 6.92 Å². The quantitative estimate of drug-likeness (QED) is 0.872. The Morgan fingerprint density at radius 2 is 1.72 bits per heavy atom. The highest BCUT2D eigenvalue weighted by Crippen LogP contribution is 2.28. The summed E-state index contributed by atoms with van der Waals surface area (Å²) in [4.78, 5) is 25.8. The van der Waals surface area contributed by atoms with Crippen molar-refractivity contribution in [1.82, 2.24) is 0 Å². The molecule has 0 saturated carbocycles. The van der Waals surface area contributed by atoms with Crippen LogP contribution in [0.2, 0.25) is 0 Å². The van der Waals surface area contributed by atoms with Crippen LogP contribution in [0.25, 0.3) is 0 Å². The standard InChI is InChI=1S/C20H24N2O3/c1-14-11-15(2)13-17(12-14)21-20(24)9-10-22(16(3)23)18-7-5-6-8-19(18)25-4/h5-8,11-13H,9-10H2,1-4H3,(H,21,24). The summed E-state index contributed by atoms with van der Waals surface area (Å²) in [7, 11) is 1.56. The third kappa shape index (κ3) is 5.08. The van der Waals surface area contributed by atoms with E-state index >= 15 is 0 Å². The molecule has 0 aliphatic rings. The van der Waals surface area contributed by atoms with E-state index in [1.807, 2.05) is 44.2 Å². The maximum absolute atomic E-state index is 12.3. The van der Waals surface area contributed by atoms with Crippen LogP contribution in [0.4, 0.5) is 11.4 Å². The van der Waals surface area contributed by atoms with Crippen LogP contribution in [0, 0.1) is 13.8 Å². The van der Waals surface area contributed by atoms with Crippen LogP contribution < -0.4 is 15.0 Å². The van der Waals surface area contributed by atoms with Crippen molar-refractivity contribution in [3.8, 4) is 5.75 Å². The zero-order valence-electron chi connectivity index (χ0n) is 15.1. The van der Waals surface area contributed by atoms with Crippen molar-refractivity contribution in [1.29, 1.82) is 0 Å². The molecule has 0 fully saturated rings. The topological polar surface area (TPSA) is 58.6 Å². The Kier molecular flexibility index (Phi) is 6.17. The second-order valence-electron chi connectivity index (χ2n) is 6.02. The van der Waals surface area contributed by atoms with Crippen LogP contribution in [-0.4, -0.2) is 25.5 Å². The van der Waals surface area contributed by atoms with Gasteiger partial charge in [0.1, 0.15) is 5.75 Å². The Balaban J connectivity index is 2.06.